The van der Waals surface area contributed by atoms with Crippen molar-refractivity contribution < 1.29 is 9.53 Å². The molecule has 4 nitrogen and oxygen atoms in total. The first-order valence-corrected chi connectivity index (χ1v) is 4.39. The van der Waals surface area contributed by atoms with Gasteiger partial charge in [-0.3, -0.25) is 9.78 Å². The Labute approximate surface area is 83.1 Å². The van der Waals surface area contributed by atoms with Crippen molar-refractivity contribution in [2.75, 3.05) is 7.11 Å². The fraction of sp³-hybridized carbons (Fsp3) is 0.400. The summed E-state index contributed by atoms with van der Waals surface area (Å²) in [5.41, 5.74) is 7.55. The zero-order chi connectivity index (χ0) is 10.6. The number of carbonyl (C=O) groups excluding carboxylic acids is 1. The van der Waals surface area contributed by atoms with Gasteiger partial charge in [0.1, 0.15) is 0 Å². The summed E-state index contributed by atoms with van der Waals surface area (Å²) in [4.78, 5) is 15.1. The van der Waals surface area contributed by atoms with Crippen LogP contribution in [0.25, 0.3) is 0 Å². The molecule has 0 aliphatic rings. The third kappa shape index (κ3) is 2.53. The number of esters is 1. The predicted molar refractivity (Wildman–Crippen MR) is 52.5 cm³/mol. The second-order valence-corrected chi connectivity index (χ2v) is 3.09. The monoisotopic (exact) mass is 194 g/mol. The number of methoxy groups -OCH3 is 1. The molecule has 14 heavy (non-hydrogen) atoms. The van der Waals surface area contributed by atoms with Crippen LogP contribution in [0.4, 0.5) is 0 Å². The van der Waals surface area contributed by atoms with Gasteiger partial charge in [0.2, 0.25) is 0 Å². The van der Waals surface area contributed by atoms with Crippen molar-refractivity contribution >= 4 is 5.97 Å². The van der Waals surface area contributed by atoms with Crippen molar-refractivity contribution in [2.45, 2.75) is 19.4 Å². The molecule has 0 saturated carbocycles. The molecule has 1 heterocycles. The van der Waals surface area contributed by atoms with Gasteiger partial charge in [-0.2, -0.15) is 0 Å². The number of carbonyl (C=O) groups is 1. The lowest BCUT2D eigenvalue weighted by molar-refractivity contribution is -0.141. The van der Waals surface area contributed by atoms with Crippen LogP contribution >= 0.6 is 0 Å². The molecular formula is C10H14N2O2. The molecule has 0 amide bonds. The average molecular weight is 194 g/mol. The molecule has 1 aromatic heterocycles. The SMILES string of the molecule is COC(=O)C[C@H](N)c1ncccc1C. The largest absolute Gasteiger partial charge is 0.469 e. The van der Waals surface area contributed by atoms with E-state index in [1.165, 1.54) is 7.11 Å². The number of ether oxygens (including phenoxy) is 1. The zero-order valence-corrected chi connectivity index (χ0v) is 8.36. The van der Waals surface area contributed by atoms with Crippen molar-refractivity contribution in [1.82, 2.24) is 4.98 Å². The van der Waals surface area contributed by atoms with E-state index in [1.807, 2.05) is 19.1 Å². The minimum Gasteiger partial charge on any atom is -0.469 e. The van der Waals surface area contributed by atoms with Crippen molar-refractivity contribution in [3.05, 3.63) is 29.6 Å². The number of rotatable bonds is 3. The summed E-state index contributed by atoms with van der Waals surface area (Å²) in [7, 11) is 1.35. The van der Waals surface area contributed by atoms with Crippen LogP contribution in [-0.4, -0.2) is 18.1 Å². The number of nitrogens with two attached hydrogens (primary N) is 1. The van der Waals surface area contributed by atoms with Crippen molar-refractivity contribution in [3.8, 4) is 0 Å². The number of hydrogen-bond donors (Lipinski definition) is 1. The van der Waals surface area contributed by atoms with Crippen molar-refractivity contribution in [3.63, 3.8) is 0 Å². The van der Waals surface area contributed by atoms with E-state index in [4.69, 9.17) is 5.73 Å². The van der Waals surface area contributed by atoms with E-state index in [-0.39, 0.29) is 18.4 Å². The van der Waals surface area contributed by atoms with Gasteiger partial charge in [0.15, 0.2) is 0 Å². The third-order valence-electron chi connectivity index (χ3n) is 2.02. The first-order chi connectivity index (χ1) is 6.65. The highest BCUT2D eigenvalue weighted by atomic mass is 16.5. The highest BCUT2D eigenvalue weighted by Crippen LogP contribution is 2.15. The molecule has 0 aliphatic heterocycles. The molecule has 0 bridgehead atoms. The molecule has 0 saturated heterocycles. The molecule has 0 spiro atoms. The van der Waals surface area contributed by atoms with Crippen molar-refractivity contribution in [2.24, 2.45) is 5.73 Å². The summed E-state index contributed by atoms with van der Waals surface area (Å²) < 4.78 is 4.54. The Morgan fingerprint density at radius 2 is 2.43 bits per heavy atom. The number of pyridine rings is 1. The smallest absolute Gasteiger partial charge is 0.307 e. The minimum absolute atomic E-state index is 0.161. The molecule has 1 rings (SSSR count). The Hall–Kier alpha value is -1.42. The summed E-state index contributed by atoms with van der Waals surface area (Å²) in [6, 6.07) is 3.37. The normalized spacial score (nSPS) is 12.2. The second-order valence-electron chi connectivity index (χ2n) is 3.09. The molecule has 1 aromatic rings. The van der Waals surface area contributed by atoms with Crippen LogP contribution in [0.3, 0.4) is 0 Å². The van der Waals surface area contributed by atoms with E-state index in [9.17, 15) is 4.79 Å². The van der Waals surface area contributed by atoms with Gasteiger partial charge in [-0.1, -0.05) is 6.07 Å². The molecule has 0 fully saturated rings. The molecule has 0 aliphatic carbocycles. The maximum absolute atomic E-state index is 11.0. The van der Waals surface area contributed by atoms with E-state index in [0.717, 1.165) is 11.3 Å². The van der Waals surface area contributed by atoms with Gasteiger partial charge >= 0.3 is 5.97 Å². The highest BCUT2D eigenvalue weighted by Gasteiger charge is 2.14. The van der Waals surface area contributed by atoms with E-state index >= 15 is 0 Å². The number of aromatic nitrogens is 1. The molecule has 2 N–H and O–H groups in total. The van der Waals surface area contributed by atoms with Crippen LogP contribution in [0.1, 0.15) is 23.7 Å². The topological polar surface area (TPSA) is 65.2 Å². The van der Waals surface area contributed by atoms with Crippen LogP contribution in [0, 0.1) is 6.92 Å². The van der Waals surface area contributed by atoms with Crippen molar-refractivity contribution in [1.29, 1.82) is 0 Å². The average Bonchev–Trinajstić information content (AvgIpc) is 2.18. The molecule has 0 aromatic carbocycles. The summed E-state index contributed by atoms with van der Waals surface area (Å²) in [6.07, 6.45) is 1.83. The summed E-state index contributed by atoms with van der Waals surface area (Å²) >= 11 is 0. The first-order valence-electron chi connectivity index (χ1n) is 4.39. The van der Waals surface area contributed by atoms with E-state index in [1.54, 1.807) is 6.20 Å². The van der Waals surface area contributed by atoms with Gasteiger partial charge in [-0.15, -0.1) is 0 Å². The lowest BCUT2D eigenvalue weighted by Crippen LogP contribution is -2.18. The fourth-order valence-electron chi connectivity index (χ4n) is 1.25. The maximum Gasteiger partial charge on any atom is 0.307 e. The Morgan fingerprint density at radius 1 is 1.71 bits per heavy atom. The van der Waals surface area contributed by atoms with Gasteiger partial charge < -0.3 is 10.5 Å². The van der Waals surface area contributed by atoms with Crippen LogP contribution in [-0.2, 0) is 9.53 Å². The van der Waals surface area contributed by atoms with Crippen LogP contribution in [0.15, 0.2) is 18.3 Å². The number of nitrogens with zero attached hydrogens (tertiary/aromatic N) is 1. The Kier molecular flexibility index (Phi) is 3.59. The van der Waals surface area contributed by atoms with Crippen LogP contribution < -0.4 is 5.73 Å². The molecular weight excluding hydrogens is 180 g/mol. The number of hydrogen-bond acceptors (Lipinski definition) is 4. The first kappa shape index (κ1) is 10.7. The highest BCUT2D eigenvalue weighted by molar-refractivity contribution is 5.70. The Morgan fingerprint density at radius 3 is 3.00 bits per heavy atom. The predicted octanol–water partition coefficient (Wildman–Crippen LogP) is 0.953. The second kappa shape index (κ2) is 4.72. The molecule has 1 atom stereocenters. The lowest BCUT2D eigenvalue weighted by Gasteiger charge is -2.11. The lowest BCUT2D eigenvalue weighted by atomic mass is 10.1. The quantitative estimate of drug-likeness (QED) is 0.727. The van der Waals surface area contributed by atoms with E-state index < -0.39 is 0 Å². The Balaban J connectivity index is 2.74. The van der Waals surface area contributed by atoms with Gasteiger partial charge in [0.05, 0.1) is 25.3 Å². The third-order valence-corrected chi connectivity index (χ3v) is 2.02. The molecule has 4 heteroatoms. The summed E-state index contributed by atoms with van der Waals surface area (Å²) in [6.45, 7) is 1.92. The van der Waals surface area contributed by atoms with Gasteiger partial charge in [-0.05, 0) is 18.6 Å². The molecule has 76 valence electrons. The van der Waals surface area contributed by atoms with Gasteiger partial charge in [0.25, 0.3) is 0 Å². The summed E-state index contributed by atoms with van der Waals surface area (Å²) in [5, 5.41) is 0. The van der Waals surface area contributed by atoms with Crippen LogP contribution in [0.2, 0.25) is 0 Å². The van der Waals surface area contributed by atoms with Crippen LogP contribution in [0.5, 0.6) is 0 Å². The van der Waals surface area contributed by atoms with Gasteiger partial charge in [0, 0.05) is 6.20 Å². The zero-order valence-electron chi connectivity index (χ0n) is 8.36. The molecule has 0 radical (unpaired) electrons. The standard InChI is InChI=1S/C10H14N2O2/c1-7-4-3-5-12-10(7)8(11)6-9(13)14-2/h3-5,8H,6,11H2,1-2H3/t8-/m0/s1. The number of aryl methyl sites for hydroxylation is 1. The van der Waals surface area contributed by atoms with E-state index in [2.05, 4.69) is 9.72 Å². The maximum atomic E-state index is 11.0. The molecule has 0 unspecified atom stereocenters. The van der Waals surface area contributed by atoms with Gasteiger partial charge in [-0.25, -0.2) is 0 Å². The fourth-order valence-corrected chi connectivity index (χ4v) is 1.25. The van der Waals surface area contributed by atoms with E-state index in [0.29, 0.717) is 0 Å². The minimum atomic E-state index is -0.386. The summed E-state index contributed by atoms with van der Waals surface area (Å²) in [5.74, 6) is -0.317. The Bertz CT molecular complexity index is 326.